The third kappa shape index (κ3) is 3.81. The number of aliphatic hydroxyl groups is 1. The molecule has 0 aromatic carbocycles. The second kappa shape index (κ2) is 5.87. The van der Waals surface area contributed by atoms with Crippen molar-refractivity contribution in [1.82, 2.24) is 0 Å². The summed E-state index contributed by atoms with van der Waals surface area (Å²) in [6.07, 6.45) is 6.01. The summed E-state index contributed by atoms with van der Waals surface area (Å²) in [5.74, 6) is 3.33. The molecule has 72 valence electrons. The summed E-state index contributed by atoms with van der Waals surface area (Å²) in [4.78, 5) is 0. The van der Waals surface area contributed by atoms with Crippen LogP contribution in [0.4, 0.5) is 0 Å². The van der Waals surface area contributed by atoms with Crippen molar-refractivity contribution in [3.8, 4) is 0 Å². The van der Waals surface area contributed by atoms with E-state index in [0.717, 1.165) is 18.8 Å². The Bertz CT molecular complexity index is 116. The van der Waals surface area contributed by atoms with Crippen molar-refractivity contribution < 1.29 is 5.11 Å². The summed E-state index contributed by atoms with van der Waals surface area (Å²) in [6.45, 7) is 2.21. The van der Waals surface area contributed by atoms with Crippen molar-refractivity contribution >= 4 is 11.8 Å². The molecule has 2 atom stereocenters. The van der Waals surface area contributed by atoms with Gasteiger partial charge in [-0.1, -0.05) is 19.8 Å². The van der Waals surface area contributed by atoms with E-state index in [9.17, 15) is 5.11 Å². The van der Waals surface area contributed by atoms with Crippen LogP contribution in [0.25, 0.3) is 0 Å². The first kappa shape index (κ1) is 10.4. The van der Waals surface area contributed by atoms with Crippen LogP contribution < -0.4 is 0 Å². The lowest BCUT2D eigenvalue weighted by atomic mass is 9.86. The van der Waals surface area contributed by atoms with E-state index in [-0.39, 0.29) is 6.10 Å². The number of aliphatic hydroxyl groups excluding tert-OH is 1. The topological polar surface area (TPSA) is 20.2 Å². The van der Waals surface area contributed by atoms with Crippen LogP contribution in [0.15, 0.2) is 0 Å². The molecule has 2 heteroatoms. The lowest BCUT2D eigenvalue weighted by Gasteiger charge is -2.25. The van der Waals surface area contributed by atoms with Crippen molar-refractivity contribution in [1.29, 1.82) is 0 Å². The molecule has 1 fully saturated rings. The number of thioether (sulfide) groups is 1. The Balaban J connectivity index is 2.06. The molecular weight excluding hydrogens is 168 g/mol. The molecule has 0 aliphatic heterocycles. The van der Waals surface area contributed by atoms with E-state index in [1.165, 1.54) is 30.8 Å². The van der Waals surface area contributed by atoms with Crippen molar-refractivity contribution in [2.45, 2.75) is 45.1 Å². The second-order valence-corrected chi connectivity index (χ2v) is 5.07. The molecule has 0 aromatic heterocycles. The largest absolute Gasteiger partial charge is 0.393 e. The summed E-state index contributed by atoms with van der Waals surface area (Å²) in [6, 6.07) is 0. The van der Waals surface area contributed by atoms with Gasteiger partial charge >= 0.3 is 0 Å². The number of hydrogen-bond donors (Lipinski definition) is 1. The average molecular weight is 188 g/mol. The van der Waals surface area contributed by atoms with Gasteiger partial charge in [0.05, 0.1) is 6.10 Å². The van der Waals surface area contributed by atoms with Crippen molar-refractivity contribution in [3.05, 3.63) is 0 Å². The highest BCUT2D eigenvalue weighted by Gasteiger charge is 2.19. The van der Waals surface area contributed by atoms with Gasteiger partial charge in [-0.15, -0.1) is 0 Å². The molecule has 1 rings (SSSR count). The van der Waals surface area contributed by atoms with Gasteiger partial charge in [-0.2, -0.15) is 11.8 Å². The minimum atomic E-state index is 0.00961. The van der Waals surface area contributed by atoms with Crippen molar-refractivity contribution in [2.24, 2.45) is 5.92 Å². The Labute approximate surface area is 79.9 Å². The van der Waals surface area contributed by atoms with E-state index >= 15 is 0 Å². The van der Waals surface area contributed by atoms with E-state index in [0.29, 0.717) is 0 Å². The zero-order valence-electron chi connectivity index (χ0n) is 7.96. The fraction of sp³-hybridized carbons (Fsp3) is 1.00. The quantitative estimate of drug-likeness (QED) is 0.684. The summed E-state index contributed by atoms with van der Waals surface area (Å²) in [5, 5.41) is 9.43. The van der Waals surface area contributed by atoms with E-state index < -0.39 is 0 Å². The molecular formula is C10H20OS. The lowest BCUT2D eigenvalue weighted by Crippen LogP contribution is -2.19. The summed E-state index contributed by atoms with van der Waals surface area (Å²) < 4.78 is 0. The standard InChI is InChI=1S/C10H20OS/c1-2-12-7-6-9-4-3-5-10(11)8-9/h9-11H,2-8H2,1H3. The zero-order valence-corrected chi connectivity index (χ0v) is 8.78. The number of rotatable bonds is 4. The molecule has 1 aliphatic carbocycles. The highest BCUT2D eigenvalue weighted by atomic mass is 32.2. The normalized spacial score (nSPS) is 30.5. The molecule has 1 N–H and O–H groups in total. The second-order valence-electron chi connectivity index (χ2n) is 3.67. The minimum Gasteiger partial charge on any atom is -0.393 e. The Morgan fingerprint density at radius 2 is 2.25 bits per heavy atom. The Morgan fingerprint density at radius 3 is 2.92 bits per heavy atom. The van der Waals surface area contributed by atoms with Gasteiger partial charge in [0.15, 0.2) is 0 Å². The lowest BCUT2D eigenvalue weighted by molar-refractivity contribution is 0.100. The predicted molar refractivity (Wildman–Crippen MR) is 55.6 cm³/mol. The highest BCUT2D eigenvalue weighted by Crippen LogP contribution is 2.27. The maximum Gasteiger partial charge on any atom is 0.0542 e. The summed E-state index contributed by atoms with van der Waals surface area (Å²) >= 11 is 2.02. The predicted octanol–water partition coefficient (Wildman–Crippen LogP) is 2.68. The van der Waals surface area contributed by atoms with E-state index in [1.807, 2.05) is 11.8 Å². The van der Waals surface area contributed by atoms with Crippen LogP contribution in [-0.4, -0.2) is 22.7 Å². The van der Waals surface area contributed by atoms with Gasteiger partial charge in [-0.3, -0.25) is 0 Å². The van der Waals surface area contributed by atoms with E-state index in [1.54, 1.807) is 0 Å². The first-order valence-corrected chi connectivity index (χ1v) is 6.24. The molecule has 12 heavy (non-hydrogen) atoms. The molecule has 1 nitrogen and oxygen atoms in total. The minimum absolute atomic E-state index is 0.00961. The highest BCUT2D eigenvalue weighted by molar-refractivity contribution is 7.99. The molecule has 2 unspecified atom stereocenters. The molecule has 0 amide bonds. The third-order valence-electron chi connectivity index (χ3n) is 2.63. The number of hydrogen-bond acceptors (Lipinski definition) is 2. The van der Waals surface area contributed by atoms with Crippen LogP contribution in [0.2, 0.25) is 0 Å². The monoisotopic (exact) mass is 188 g/mol. The molecule has 0 saturated heterocycles. The van der Waals surface area contributed by atoms with Crippen LogP contribution in [0.3, 0.4) is 0 Å². The van der Waals surface area contributed by atoms with Crippen molar-refractivity contribution in [2.75, 3.05) is 11.5 Å². The van der Waals surface area contributed by atoms with Crippen LogP contribution in [-0.2, 0) is 0 Å². The van der Waals surface area contributed by atoms with Gasteiger partial charge < -0.3 is 5.11 Å². The van der Waals surface area contributed by atoms with Crippen molar-refractivity contribution in [3.63, 3.8) is 0 Å². The smallest absolute Gasteiger partial charge is 0.0542 e. The van der Waals surface area contributed by atoms with E-state index in [4.69, 9.17) is 0 Å². The Kier molecular flexibility index (Phi) is 5.08. The van der Waals surface area contributed by atoms with Gasteiger partial charge in [-0.25, -0.2) is 0 Å². The molecule has 0 aromatic rings. The SMILES string of the molecule is CCSCCC1CCCC(O)C1. The molecule has 1 aliphatic rings. The fourth-order valence-corrected chi connectivity index (χ4v) is 2.71. The van der Waals surface area contributed by atoms with Gasteiger partial charge in [0.25, 0.3) is 0 Å². The molecule has 0 radical (unpaired) electrons. The molecule has 0 bridgehead atoms. The van der Waals surface area contributed by atoms with Crippen LogP contribution >= 0.6 is 11.8 Å². The van der Waals surface area contributed by atoms with Crippen LogP contribution in [0.5, 0.6) is 0 Å². The summed E-state index contributed by atoms with van der Waals surface area (Å²) in [7, 11) is 0. The van der Waals surface area contributed by atoms with Crippen LogP contribution in [0, 0.1) is 5.92 Å². The zero-order chi connectivity index (χ0) is 8.81. The Morgan fingerprint density at radius 1 is 1.42 bits per heavy atom. The fourth-order valence-electron chi connectivity index (χ4n) is 1.92. The molecule has 0 spiro atoms. The first-order chi connectivity index (χ1) is 5.83. The summed E-state index contributed by atoms with van der Waals surface area (Å²) in [5.41, 5.74) is 0. The first-order valence-electron chi connectivity index (χ1n) is 5.08. The third-order valence-corrected chi connectivity index (χ3v) is 3.56. The molecule has 1 saturated carbocycles. The van der Waals surface area contributed by atoms with Gasteiger partial charge in [0.1, 0.15) is 0 Å². The van der Waals surface area contributed by atoms with Crippen LogP contribution in [0.1, 0.15) is 39.0 Å². The van der Waals surface area contributed by atoms with Gasteiger partial charge in [0.2, 0.25) is 0 Å². The maximum absolute atomic E-state index is 9.43. The average Bonchev–Trinajstić information content (AvgIpc) is 2.05. The molecule has 0 heterocycles. The maximum atomic E-state index is 9.43. The Hall–Kier alpha value is 0.310. The van der Waals surface area contributed by atoms with E-state index in [2.05, 4.69) is 6.92 Å². The van der Waals surface area contributed by atoms with Gasteiger partial charge in [0, 0.05) is 0 Å². The van der Waals surface area contributed by atoms with Gasteiger partial charge in [-0.05, 0) is 36.7 Å².